The van der Waals surface area contributed by atoms with Gasteiger partial charge in [0.15, 0.2) is 0 Å². The van der Waals surface area contributed by atoms with Crippen molar-refractivity contribution in [2.75, 3.05) is 5.75 Å². The molecule has 0 aliphatic carbocycles. The molecule has 1 heterocycles. The van der Waals surface area contributed by atoms with Gasteiger partial charge in [-0.15, -0.1) is 23.4 Å². The smallest absolute Gasteiger partial charge is 0.241 e. The van der Waals surface area contributed by atoms with Gasteiger partial charge in [0.05, 0.1) is 0 Å². The van der Waals surface area contributed by atoms with E-state index in [1.165, 1.54) is 4.90 Å². The first-order valence-corrected chi connectivity index (χ1v) is 6.47. The highest BCUT2D eigenvalue weighted by Crippen LogP contribution is 2.22. The first-order chi connectivity index (χ1) is 7.83. The number of benzene rings is 1. The summed E-state index contributed by atoms with van der Waals surface area (Å²) in [4.78, 5) is 5.40. The van der Waals surface area contributed by atoms with Crippen molar-refractivity contribution in [3.63, 3.8) is 0 Å². The number of hydrogen-bond acceptors (Lipinski definition) is 4. The normalized spacial score (nSPS) is 10.6. The lowest BCUT2D eigenvalue weighted by molar-refractivity contribution is 0.391. The van der Waals surface area contributed by atoms with Crippen LogP contribution in [0, 0.1) is 0 Å². The van der Waals surface area contributed by atoms with Crippen LogP contribution in [0.2, 0.25) is 0 Å². The Hall–Kier alpha value is -1.00. The van der Waals surface area contributed by atoms with Crippen LogP contribution in [0.3, 0.4) is 0 Å². The lowest BCUT2D eigenvalue weighted by Gasteiger charge is -1.98. The third-order valence-electron chi connectivity index (χ3n) is 2.01. The largest absolute Gasteiger partial charge is 0.338 e. The molecule has 0 radical (unpaired) electrons. The van der Waals surface area contributed by atoms with Crippen LogP contribution in [-0.4, -0.2) is 15.9 Å². The molecule has 0 spiro atoms. The van der Waals surface area contributed by atoms with Crippen molar-refractivity contribution in [2.45, 2.75) is 17.7 Å². The third kappa shape index (κ3) is 2.57. The zero-order valence-electron chi connectivity index (χ0n) is 8.81. The van der Waals surface area contributed by atoms with Crippen LogP contribution in [0.1, 0.15) is 12.8 Å². The highest BCUT2D eigenvalue weighted by Gasteiger charge is 2.07. The average Bonchev–Trinajstić information content (AvgIpc) is 2.79. The van der Waals surface area contributed by atoms with Gasteiger partial charge >= 0.3 is 0 Å². The number of hydrogen-bond donors (Lipinski definition) is 0. The van der Waals surface area contributed by atoms with Crippen LogP contribution in [0.15, 0.2) is 33.7 Å². The van der Waals surface area contributed by atoms with E-state index >= 15 is 0 Å². The summed E-state index contributed by atoms with van der Waals surface area (Å²) in [5, 5.41) is 3.86. The lowest BCUT2D eigenvalue weighted by Crippen LogP contribution is -1.82. The van der Waals surface area contributed by atoms with Gasteiger partial charge in [0.2, 0.25) is 11.7 Å². The molecule has 0 N–H and O–H groups in total. The van der Waals surface area contributed by atoms with Gasteiger partial charge in [0.1, 0.15) is 5.88 Å². The van der Waals surface area contributed by atoms with Crippen molar-refractivity contribution >= 4 is 23.4 Å². The molecule has 1 aromatic carbocycles. The van der Waals surface area contributed by atoms with Gasteiger partial charge in [-0.25, -0.2) is 0 Å². The number of rotatable bonds is 4. The fourth-order valence-corrected chi connectivity index (χ4v) is 2.06. The standard InChI is InChI=1S/C11H11ClN2OS/c1-2-16-9-5-3-8(4-6-9)11-13-10(7-12)15-14-11/h3-6H,2,7H2,1H3. The second-order valence-corrected chi connectivity index (χ2v) is 4.71. The van der Waals surface area contributed by atoms with Gasteiger partial charge in [-0.05, 0) is 30.0 Å². The molecule has 2 aromatic rings. The minimum atomic E-state index is 0.247. The maximum atomic E-state index is 5.59. The first kappa shape index (κ1) is 11.5. The molecule has 0 aliphatic rings. The Balaban J connectivity index is 2.20. The number of halogens is 1. The number of nitrogens with zero attached hydrogens (tertiary/aromatic N) is 2. The number of aromatic nitrogens is 2. The summed E-state index contributed by atoms with van der Waals surface area (Å²) in [6.45, 7) is 2.13. The molecule has 0 aliphatic heterocycles. The molecular weight excluding hydrogens is 244 g/mol. The van der Waals surface area contributed by atoms with Gasteiger partial charge in [0.25, 0.3) is 0 Å². The van der Waals surface area contributed by atoms with E-state index in [4.69, 9.17) is 16.1 Å². The van der Waals surface area contributed by atoms with Crippen LogP contribution < -0.4 is 0 Å². The highest BCUT2D eigenvalue weighted by atomic mass is 35.5. The van der Waals surface area contributed by atoms with Crippen LogP contribution >= 0.6 is 23.4 Å². The summed E-state index contributed by atoms with van der Waals surface area (Å²) in [5.74, 6) is 2.35. The minimum absolute atomic E-state index is 0.247. The summed E-state index contributed by atoms with van der Waals surface area (Å²) in [7, 11) is 0. The Kier molecular flexibility index (Phi) is 3.85. The monoisotopic (exact) mass is 254 g/mol. The third-order valence-corrected chi connectivity index (χ3v) is 3.13. The molecule has 0 bridgehead atoms. The summed E-state index contributed by atoms with van der Waals surface area (Å²) >= 11 is 7.40. The second-order valence-electron chi connectivity index (χ2n) is 3.10. The number of thioether (sulfide) groups is 1. The Labute approximate surface area is 103 Å². The van der Waals surface area contributed by atoms with E-state index < -0.39 is 0 Å². The Morgan fingerprint density at radius 3 is 2.62 bits per heavy atom. The molecule has 0 unspecified atom stereocenters. The van der Waals surface area contributed by atoms with Crippen LogP contribution in [-0.2, 0) is 5.88 Å². The van der Waals surface area contributed by atoms with Crippen molar-refractivity contribution < 1.29 is 4.52 Å². The minimum Gasteiger partial charge on any atom is -0.338 e. The fraction of sp³-hybridized carbons (Fsp3) is 0.273. The molecule has 0 saturated carbocycles. The summed E-state index contributed by atoms with van der Waals surface area (Å²) in [6, 6.07) is 8.09. The van der Waals surface area contributed by atoms with Gasteiger partial charge < -0.3 is 4.52 Å². The molecule has 84 valence electrons. The maximum Gasteiger partial charge on any atom is 0.241 e. The predicted molar refractivity (Wildman–Crippen MR) is 65.7 cm³/mol. The molecular formula is C11H11ClN2OS. The van der Waals surface area contributed by atoms with Crippen molar-refractivity contribution in [2.24, 2.45) is 0 Å². The van der Waals surface area contributed by atoms with Crippen molar-refractivity contribution in [1.82, 2.24) is 10.1 Å². The average molecular weight is 255 g/mol. The summed E-state index contributed by atoms with van der Waals surface area (Å²) < 4.78 is 4.95. The first-order valence-electron chi connectivity index (χ1n) is 4.95. The van der Waals surface area contributed by atoms with E-state index in [0.717, 1.165) is 11.3 Å². The van der Waals surface area contributed by atoms with Gasteiger partial charge in [0, 0.05) is 10.5 Å². The molecule has 2 rings (SSSR count). The molecule has 1 aromatic heterocycles. The van der Waals surface area contributed by atoms with Crippen molar-refractivity contribution in [1.29, 1.82) is 0 Å². The van der Waals surface area contributed by atoms with E-state index in [-0.39, 0.29) is 5.88 Å². The summed E-state index contributed by atoms with van der Waals surface area (Å²) in [5.41, 5.74) is 0.945. The predicted octanol–water partition coefficient (Wildman–Crippen LogP) is 3.59. The second kappa shape index (κ2) is 5.37. The Bertz CT molecular complexity index is 455. The van der Waals surface area contributed by atoms with Gasteiger partial charge in [-0.1, -0.05) is 12.1 Å². The molecule has 16 heavy (non-hydrogen) atoms. The zero-order chi connectivity index (χ0) is 11.4. The Morgan fingerprint density at radius 1 is 1.31 bits per heavy atom. The quantitative estimate of drug-likeness (QED) is 0.617. The van der Waals surface area contributed by atoms with E-state index in [1.807, 2.05) is 12.1 Å². The van der Waals surface area contributed by atoms with Crippen LogP contribution in [0.5, 0.6) is 0 Å². The molecule has 0 atom stereocenters. The molecule has 0 amide bonds. The van der Waals surface area contributed by atoms with Crippen molar-refractivity contribution in [3.8, 4) is 11.4 Å². The Morgan fingerprint density at radius 2 is 2.06 bits per heavy atom. The van der Waals surface area contributed by atoms with Crippen LogP contribution in [0.4, 0.5) is 0 Å². The fourth-order valence-electron chi connectivity index (χ4n) is 1.29. The van der Waals surface area contributed by atoms with E-state index in [1.54, 1.807) is 11.8 Å². The SMILES string of the molecule is CCSc1ccc(-c2noc(CCl)n2)cc1. The molecule has 0 saturated heterocycles. The maximum absolute atomic E-state index is 5.59. The van der Waals surface area contributed by atoms with Crippen LogP contribution in [0.25, 0.3) is 11.4 Å². The lowest BCUT2D eigenvalue weighted by atomic mass is 10.2. The van der Waals surface area contributed by atoms with E-state index in [2.05, 4.69) is 29.2 Å². The van der Waals surface area contributed by atoms with E-state index in [0.29, 0.717) is 11.7 Å². The van der Waals surface area contributed by atoms with Gasteiger partial charge in [-0.2, -0.15) is 4.98 Å². The zero-order valence-corrected chi connectivity index (χ0v) is 10.4. The highest BCUT2D eigenvalue weighted by molar-refractivity contribution is 7.99. The number of alkyl halides is 1. The topological polar surface area (TPSA) is 38.9 Å². The molecule has 5 heteroatoms. The molecule has 0 fully saturated rings. The summed E-state index contributed by atoms with van der Waals surface area (Å²) in [6.07, 6.45) is 0. The van der Waals surface area contributed by atoms with Crippen molar-refractivity contribution in [3.05, 3.63) is 30.2 Å². The van der Waals surface area contributed by atoms with Gasteiger partial charge in [-0.3, -0.25) is 0 Å². The van der Waals surface area contributed by atoms with E-state index in [9.17, 15) is 0 Å². The molecule has 3 nitrogen and oxygen atoms in total.